The second-order valence-corrected chi connectivity index (χ2v) is 8.20. The van der Waals surface area contributed by atoms with Gasteiger partial charge in [-0.05, 0) is 57.2 Å². The molecule has 0 unspecified atom stereocenters. The number of amides is 5. The molecule has 3 aromatic rings. The largest absolute Gasteiger partial charge is 0.458 e. The van der Waals surface area contributed by atoms with Gasteiger partial charge in [0.15, 0.2) is 5.54 Å². The Bertz CT molecular complexity index is 1230. The Kier molecular flexibility index (Phi) is 6.10. The topological polar surface area (TPSA) is 112 Å². The van der Waals surface area contributed by atoms with E-state index in [4.69, 9.17) is 4.42 Å². The Morgan fingerprint density at radius 2 is 1.74 bits per heavy atom. The number of fused-ring (bicyclic) bond motifs is 1. The van der Waals surface area contributed by atoms with Crippen molar-refractivity contribution in [2.75, 3.05) is 25.0 Å². The first-order valence-corrected chi connectivity index (χ1v) is 11.1. The third-order valence-corrected chi connectivity index (χ3v) is 5.96. The van der Waals surface area contributed by atoms with Gasteiger partial charge in [-0.1, -0.05) is 18.2 Å². The van der Waals surface area contributed by atoms with Gasteiger partial charge in [-0.25, -0.2) is 4.79 Å². The highest BCUT2D eigenvalue weighted by Gasteiger charge is 2.51. The minimum atomic E-state index is -1.41. The summed E-state index contributed by atoms with van der Waals surface area (Å²) < 4.78 is 5.79. The molecule has 34 heavy (non-hydrogen) atoms. The first-order chi connectivity index (χ1) is 16.3. The quantitative estimate of drug-likeness (QED) is 0.523. The van der Waals surface area contributed by atoms with Gasteiger partial charge < -0.3 is 20.0 Å². The van der Waals surface area contributed by atoms with Crippen molar-refractivity contribution in [2.24, 2.45) is 0 Å². The number of hydrogen-bond acceptors (Lipinski definition) is 5. The molecule has 1 saturated heterocycles. The van der Waals surface area contributed by atoms with Crippen LogP contribution in [0, 0.1) is 0 Å². The van der Waals surface area contributed by atoms with Crippen molar-refractivity contribution in [3.8, 4) is 0 Å². The average Bonchev–Trinajstić information content (AvgIpc) is 3.36. The molecule has 9 heteroatoms. The van der Waals surface area contributed by atoms with Crippen LogP contribution in [0.4, 0.5) is 10.5 Å². The highest BCUT2D eigenvalue weighted by Crippen LogP contribution is 2.33. The van der Waals surface area contributed by atoms with Crippen molar-refractivity contribution in [1.82, 2.24) is 15.1 Å². The minimum Gasteiger partial charge on any atom is -0.458 e. The summed E-state index contributed by atoms with van der Waals surface area (Å²) in [6.45, 7) is 6.12. The van der Waals surface area contributed by atoms with Crippen LogP contribution in [0.2, 0.25) is 0 Å². The molecule has 1 aliphatic rings. The molecule has 0 aliphatic carbocycles. The molecule has 4 rings (SSSR count). The van der Waals surface area contributed by atoms with Gasteiger partial charge in [0.2, 0.25) is 5.91 Å². The molecule has 9 nitrogen and oxygen atoms in total. The van der Waals surface area contributed by atoms with Crippen molar-refractivity contribution in [2.45, 2.75) is 26.3 Å². The van der Waals surface area contributed by atoms with E-state index < -0.39 is 29.9 Å². The van der Waals surface area contributed by atoms with E-state index in [0.29, 0.717) is 35.7 Å². The maximum absolute atomic E-state index is 13.1. The molecule has 2 aromatic carbocycles. The number of nitrogens with zero attached hydrogens (tertiary/aromatic N) is 2. The van der Waals surface area contributed by atoms with Crippen LogP contribution in [-0.4, -0.2) is 53.2 Å². The number of nitrogens with one attached hydrogen (secondary N) is 2. The summed E-state index contributed by atoms with van der Waals surface area (Å²) in [5.41, 5.74) is 0.147. The number of carbonyl (C=O) groups is 4. The molecule has 0 bridgehead atoms. The lowest BCUT2D eigenvalue weighted by Gasteiger charge is -2.19. The third-order valence-electron chi connectivity index (χ3n) is 5.96. The summed E-state index contributed by atoms with van der Waals surface area (Å²) in [7, 11) is 0. The van der Waals surface area contributed by atoms with E-state index in [9.17, 15) is 19.2 Å². The summed E-state index contributed by atoms with van der Waals surface area (Å²) in [5, 5.41) is 6.11. The smallest absolute Gasteiger partial charge is 0.325 e. The van der Waals surface area contributed by atoms with E-state index in [1.54, 1.807) is 48.2 Å². The molecule has 5 amide bonds. The Morgan fingerprint density at radius 1 is 1.06 bits per heavy atom. The van der Waals surface area contributed by atoms with Gasteiger partial charge in [0, 0.05) is 29.7 Å². The highest BCUT2D eigenvalue weighted by molar-refractivity contribution is 6.10. The van der Waals surface area contributed by atoms with Gasteiger partial charge >= 0.3 is 6.03 Å². The third kappa shape index (κ3) is 4.12. The number of benzene rings is 2. The van der Waals surface area contributed by atoms with Crippen molar-refractivity contribution in [3.63, 3.8) is 0 Å². The summed E-state index contributed by atoms with van der Waals surface area (Å²) in [6, 6.07) is 14.8. The fourth-order valence-electron chi connectivity index (χ4n) is 3.97. The maximum Gasteiger partial charge on any atom is 0.325 e. The van der Waals surface area contributed by atoms with Gasteiger partial charge in [-0.2, -0.15) is 0 Å². The Labute approximate surface area is 196 Å². The molecule has 0 saturated carbocycles. The lowest BCUT2D eigenvalue weighted by molar-refractivity contribution is -0.134. The summed E-state index contributed by atoms with van der Waals surface area (Å²) in [6.07, 6.45) is 0. The first-order valence-electron chi connectivity index (χ1n) is 11.1. The van der Waals surface area contributed by atoms with Crippen LogP contribution in [0.15, 0.2) is 59.0 Å². The van der Waals surface area contributed by atoms with Crippen molar-refractivity contribution < 1.29 is 23.6 Å². The van der Waals surface area contributed by atoms with Gasteiger partial charge in [0.1, 0.15) is 17.9 Å². The minimum absolute atomic E-state index is 0.0907. The van der Waals surface area contributed by atoms with E-state index in [0.717, 1.165) is 10.3 Å². The molecule has 0 spiro atoms. The van der Waals surface area contributed by atoms with Crippen LogP contribution in [0.1, 0.15) is 36.9 Å². The number of anilines is 1. The van der Waals surface area contributed by atoms with Gasteiger partial charge in [-0.3, -0.25) is 19.3 Å². The zero-order valence-electron chi connectivity index (χ0n) is 19.3. The second kappa shape index (κ2) is 9.01. The van der Waals surface area contributed by atoms with Crippen molar-refractivity contribution in [1.29, 1.82) is 0 Å². The standard InChI is InChI=1S/C25H26N4O5/c1-4-28(5-2)22(31)16-10-12-18(13-11-16)26-21(30)15-29-23(32)25(3,27-24(29)33)20-14-17-8-6-7-9-19(17)34-20/h6-14H,4-5,15H2,1-3H3,(H,26,30)(H,27,33)/t25-/m1/s1. The Hall–Kier alpha value is -4.14. The number of rotatable bonds is 7. The summed E-state index contributed by atoms with van der Waals surface area (Å²) >= 11 is 0. The molecule has 1 aromatic heterocycles. The number of furan rings is 1. The van der Waals surface area contributed by atoms with Crippen molar-refractivity contribution in [3.05, 3.63) is 65.9 Å². The van der Waals surface area contributed by atoms with Gasteiger partial charge in [0.05, 0.1) is 0 Å². The lowest BCUT2D eigenvalue weighted by atomic mass is 9.99. The Balaban J connectivity index is 1.43. The van der Waals surface area contributed by atoms with Gasteiger partial charge in [-0.15, -0.1) is 0 Å². The normalized spacial score (nSPS) is 17.7. The summed E-state index contributed by atoms with van der Waals surface area (Å²) in [5.74, 6) is -0.914. The zero-order valence-corrected chi connectivity index (χ0v) is 19.3. The monoisotopic (exact) mass is 462 g/mol. The van der Waals surface area contributed by atoms with E-state index in [1.165, 1.54) is 0 Å². The average molecular weight is 463 g/mol. The molecule has 0 radical (unpaired) electrons. The van der Waals surface area contributed by atoms with Crippen LogP contribution < -0.4 is 10.6 Å². The fraction of sp³-hybridized carbons (Fsp3) is 0.280. The second-order valence-electron chi connectivity index (χ2n) is 8.20. The van der Waals surface area contributed by atoms with E-state index in [1.807, 2.05) is 32.0 Å². The molecular weight excluding hydrogens is 436 g/mol. The first kappa shape index (κ1) is 23.0. The number of imide groups is 1. The Morgan fingerprint density at radius 3 is 2.38 bits per heavy atom. The van der Waals surface area contributed by atoms with E-state index >= 15 is 0 Å². The van der Waals surface area contributed by atoms with Crippen LogP contribution in [-0.2, 0) is 15.1 Å². The van der Waals surface area contributed by atoms with Crippen molar-refractivity contribution >= 4 is 40.4 Å². The molecule has 176 valence electrons. The lowest BCUT2D eigenvalue weighted by Crippen LogP contribution is -2.41. The number of para-hydroxylation sites is 1. The SMILES string of the molecule is CCN(CC)C(=O)c1ccc(NC(=O)CN2C(=O)N[C@](C)(c3cc4ccccc4o3)C2=O)cc1. The van der Waals surface area contributed by atoms with Crippen LogP contribution in [0.25, 0.3) is 11.0 Å². The predicted octanol–water partition coefficient (Wildman–Crippen LogP) is 3.32. The number of carbonyl (C=O) groups excluding carboxylic acids is 4. The zero-order chi connectivity index (χ0) is 24.5. The van der Waals surface area contributed by atoms with Crippen LogP contribution >= 0.6 is 0 Å². The number of urea groups is 1. The van der Waals surface area contributed by atoms with E-state index in [2.05, 4.69) is 10.6 Å². The molecular formula is C25H26N4O5. The highest BCUT2D eigenvalue weighted by atomic mass is 16.3. The molecule has 2 heterocycles. The molecule has 1 atom stereocenters. The molecule has 1 aliphatic heterocycles. The fourth-order valence-corrected chi connectivity index (χ4v) is 3.97. The predicted molar refractivity (Wildman–Crippen MR) is 126 cm³/mol. The molecule has 1 fully saturated rings. The molecule has 2 N–H and O–H groups in total. The maximum atomic E-state index is 13.1. The van der Waals surface area contributed by atoms with Gasteiger partial charge in [0.25, 0.3) is 11.8 Å². The number of hydrogen-bond donors (Lipinski definition) is 2. The van der Waals surface area contributed by atoms with Crippen LogP contribution in [0.5, 0.6) is 0 Å². The summed E-state index contributed by atoms with van der Waals surface area (Å²) in [4.78, 5) is 53.2. The van der Waals surface area contributed by atoms with E-state index in [-0.39, 0.29) is 5.91 Å². The van der Waals surface area contributed by atoms with Crippen LogP contribution in [0.3, 0.4) is 0 Å².